The number of unbranched alkanes of at least 4 members (excludes halogenated alkanes) is 2. The molecule has 1 unspecified atom stereocenters. The van der Waals surface area contributed by atoms with Crippen molar-refractivity contribution in [3.8, 4) is 0 Å². The van der Waals surface area contributed by atoms with E-state index in [0.29, 0.717) is 6.61 Å². The summed E-state index contributed by atoms with van der Waals surface area (Å²) >= 11 is 0. The minimum absolute atomic E-state index is 0.177. The SMILES string of the molecule is CNC(=O)C1CCCN(CCCCCO)C1. The van der Waals surface area contributed by atoms with Crippen molar-refractivity contribution in [2.24, 2.45) is 5.92 Å². The molecule has 0 aromatic rings. The molecule has 1 amide bonds. The Labute approximate surface area is 98.0 Å². The van der Waals surface area contributed by atoms with Gasteiger partial charge in [0.2, 0.25) is 5.91 Å². The molecule has 0 aliphatic carbocycles. The number of likely N-dealkylation sites (tertiary alicyclic amines) is 1. The first-order valence-electron chi connectivity index (χ1n) is 6.32. The Morgan fingerprint density at radius 3 is 2.94 bits per heavy atom. The zero-order valence-electron chi connectivity index (χ0n) is 10.2. The van der Waals surface area contributed by atoms with Crippen molar-refractivity contribution in [1.82, 2.24) is 10.2 Å². The number of aliphatic hydroxyl groups is 1. The molecule has 16 heavy (non-hydrogen) atoms. The quantitative estimate of drug-likeness (QED) is 0.655. The maximum Gasteiger partial charge on any atom is 0.224 e. The Morgan fingerprint density at radius 2 is 2.25 bits per heavy atom. The van der Waals surface area contributed by atoms with Crippen LogP contribution in [0, 0.1) is 5.92 Å². The number of hydrogen-bond acceptors (Lipinski definition) is 3. The summed E-state index contributed by atoms with van der Waals surface area (Å²) in [6, 6.07) is 0. The molecule has 4 nitrogen and oxygen atoms in total. The normalized spacial score (nSPS) is 22.0. The van der Waals surface area contributed by atoms with Crippen LogP contribution in [0.2, 0.25) is 0 Å². The predicted molar refractivity (Wildman–Crippen MR) is 64.2 cm³/mol. The van der Waals surface area contributed by atoms with Crippen LogP contribution in [0.25, 0.3) is 0 Å². The van der Waals surface area contributed by atoms with E-state index in [0.717, 1.165) is 51.7 Å². The zero-order valence-corrected chi connectivity index (χ0v) is 10.2. The van der Waals surface area contributed by atoms with Crippen molar-refractivity contribution >= 4 is 5.91 Å². The van der Waals surface area contributed by atoms with Crippen LogP contribution < -0.4 is 5.32 Å². The van der Waals surface area contributed by atoms with Crippen molar-refractivity contribution in [1.29, 1.82) is 0 Å². The lowest BCUT2D eigenvalue weighted by molar-refractivity contribution is -0.126. The summed E-state index contributed by atoms with van der Waals surface area (Å²) < 4.78 is 0. The molecule has 1 aliphatic rings. The standard InChI is InChI=1S/C12H24N2O2/c1-13-12(16)11-6-5-8-14(10-11)7-3-2-4-9-15/h11,15H,2-10H2,1H3,(H,13,16). The predicted octanol–water partition coefficient (Wildman–Crippen LogP) is 0.607. The first-order chi connectivity index (χ1) is 7.77. The van der Waals surface area contributed by atoms with Crippen molar-refractivity contribution in [2.75, 3.05) is 33.3 Å². The fourth-order valence-electron chi connectivity index (χ4n) is 2.30. The van der Waals surface area contributed by atoms with Crippen LogP contribution >= 0.6 is 0 Å². The lowest BCUT2D eigenvalue weighted by Gasteiger charge is -2.31. The van der Waals surface area contributed by atoms with Crippen LogP contribution in [-0.4, -0.2) is 49.2 Å². The second-order valence-electron chi connectivity index (χ2n) is 4.54. The van der Waals surface area contributed by atoms with E-state index in [1.54, 1.807) is 7.05 Å². The van der Waals surface area contributed by atoms with Gasteiger partial charge in [0, 0.05) is 20.2 Å². The third-order valence-corrected chi connectivity index (χ3v) is 3.26. The Bertz CT molecular complexity index is 209. The van der Waals surface area contributed by atoms with Gasteiger partial charge in [-0.15, -0.1) is 0 Å². The van der Waals surface area contributed by atoms with Gasteiger partial charge in [-0.25, -0.2) is 0 Å². The molecule has 1 heterocycles. The molecule has 0 bridgehead atoms. The third-order valence-electron chi connectivity index (χ3n) is 3.26. The van der Waals surface area contributed by atoms with Gasteiger partial charge in [-0.2, -0.15) is 0 Å². The molecule has 2 N–H and O–H groups in total. The van der Waals surface area contributed by atoms with Gasteiger partial charge in [-0.05, 0) is 45.2 Å². The van der Waals surface area contributed by atoms with Crippen molar-refractivity contribution in [3.05, 3.63) is 0 Å². The smallest absolute Gasteiger partial charge is 0.224 e. The largest absolute Gasteiger partial charge is 0.396 e. The van der Waals surface area contributed by atoms with Gasteiger partial charge in [0.05, 0.1) is 5.92 Å². The molecule has 0 saturated carbocycles. The van der Waals surface area contributed by atoms with Crippen molar-refractivity contribution in [3.63, 3.8) is 0 Å². The Morgan fingerprint density at radius 1 is 1.44 bits per heavy atom. The van der Waals surface area contributed by atoms with E-state index in [-0.39, 0.29) is 11.8 Å². The highest BCUT2D eigenvalue weighted by molar-refractivity contribution is 5.78. The van der Waals surface area contributed by atoms with Gasteiger partial charge in [0.1, 0.15) is 0 Å². The lowest BCUT2D eigenvalue weighted by atomic mass is 9.97. The Hall–Kier alpha value is -0.610. The maximum absolute atomic E-state index is 11.5. The molecule has 4 heteroatoms. The van der Waals surface area contributed by atoms with E-state index >= 15 is 0 Å². The first-order valence-corrected chi connectivity index (χ1v) is 6.32. The van der Waals surface area contributed by atoms with Crippen LogP contribution in [0.4, 0.5) is 0 Å². The molecule has 0 spiro atoms. The van der Waals surface area contributed by atoms with Gasteiger partial charge >= 0.3 is 0 Å². The fourth-order valence-corrected chi connectivity index (χ4v) is 2.30. The minimum Gasteiger partial charge on any atom is -0.396 e. The van der Waals surface area contributed by atoms with Gasteiger partial charge in [-0.3, -0.25) is 4.79 Å². The maximum atomic E-state index is 11.5. The van der Waals surface area contributed by atoms with Crippen molar-refractivity contribution in [2.45, 2.75) is 32.1 Å². The summed E-state index contributed by atoms with van der Waals surface area (Å²) in [6.07, 6.45) is 5.25. The van der Waals surface area contributed by atoms with Crippen LogP contribution in [0.1, 0.15) is 32.1 Å². The Kier molecular flexibility index (Phi) is 6.42. The van der Waals surface area contributed by atoms with E-state index in [1.807, 2.05) is 0 Å². The van der Waals surface area contributed by atoms with Gasteiger partial charge in [0.25, 0.3) is 0 Å². The molecule has 94 valence electrons. The summed E-state index contributed by atoms with van der Waals surface area (Å²) in [5.41, 5.74) is 0. The summed E-state index contributed by atoms with van der Waals surface area (Å²) in [5.74, 6) is 0.358. The molecule has 0 radical (unpaired) electrons. The monoisotopic (exact) mass is 228 g/mol. The molecule has 1 saturated heterocycles. The number of carbonyl (C=O) groups is 1. The summed E-state index contributed by atoms with van der Waals surface area (Å²) in [7, 11) is 1.71. The number of aliphatic hydroxyl groups excluding tert-OH is 1. The molecule has 1 aliphatic heterocycles. The highest BCUT2D eigenvalue weighted by Gasteiger charge is 2.24. The number of rotatable bonds is 6. The zero-order chi connectivity index (χ0) is 11.8. The second-order valence-corrected chi connectivity index (χ2v) is 4.54. The fraction of sp³-hybridized carbons (Fsp3) is 0.917. The highest BCUT2D eigenvalue weighted by Crippen LogP contribution is 2.17. The number of nitrogens with one attached hydrogen (secondary N) is 1. The van der Waals surface area contributed by atoms with Crippen LogP contribution in [0.15, 0.2) is 0 Å². The van der Waals surface area contributed by atoms with Gasteiger partial charge in [0.15, 0.2) is 0 Å². The van der Waals surface area contributed by atoms with E-state index in [2.05, 4.69) is 10.2 Å². The molecule has 1 rings (SSSR count). The first kappa shape index (κ1) is 13.5. The minimum atomic E-state index is 0.177. The average molecular weight is 228 g/mol. The van der Waals surface area contributed by atoms with E-state index < -0.39 is 0 Å². The average Bonchev–Trinajstić information content (AvgIpc) is 2.34. The lowest BCUT2D eigenvalue weighted by Crippen LogP contribution is -2.42. The number of piperidine rings is 1. The van der Waals surface area contributed by atoms with Gasteiger partial charge in [-0.1, -0.05) is 0 Å². The molecule has 1 atom stereocenters. The van der Waals surface area contributed by atoms with Crippen LogP contribution in [-0.2, 0) is 4.79 Å². The molecule has 0 aromatic heterocycles. The summed E-state index contributed by atoms with van der Waals surface area (Å²) in [6.45, 7) is 3.37. The van der Waals surface area contributed by atoms with Gasteiger partial charge < -0.3 is 15.3 Å². The number of nitrogens with zero attached hydrogens (tertiary/aromatic N) is 1. The highest BCUT2D eigenvalue weighted by atomic mass is 16.2. The molecular weight excluding hydrogens is 204 g/mol. The van der Waals surface area contributed by atoms with Crippen LogP contribution in [0.5, 0.6) is 0 Å². The van der Waals surface area contributed by atoms with E-state index in [1.165, 1.54) is 0 Å². The molecule has 0 aromatic carbocycles. The van der Waals surface area contributed by atoms with Crippen LogP contribution in [0.3, 0.4) is 0 Å². The number of amides is 1. The van der Waals surface area contributed by atoms with E-state index in [4.69, 9.17) is 5.11 Å². The second kappa shape index (κ2) is 7.63. The summed E-state index contributed by atoms with van der Waals surface area (Å²) in [5, 5.41) is 11.4. The third kappa shape index (κ3) is 4.49. The molecular formula is C12H24N2O2. The number of carbonyl (C=O) groups excluding carboxylic acids is 1. The van der Waals surface area contributed by atoms with Crippen molar-refractivity contribution < 1.29 is 9.90 Å². The molecule has 1 fully saturated rings. The summed E-state index contributed by atoms with van der Waals surface area (Å²) in [4.78, 5) is 13.9. The Balaban J connectivity index is 2.20. The number of hydrogen-bond donors (Lipinski definition) is 2. The van der Waals surface area contributed by atoms with E-state index in [9.17, 15) is 4.79 Å². The topological polar surface area (TPSA) is 52.6 Å².